The van der Waals surface area contributed by atoms with Crippen molar-refractivity contribution < 1.29 is 23.8 Å². The number of nitrogens with zero attached hydrogens (tertiary/aromatic N) is 2. The first kappa shape index (κ1) is 26.6. The highest BCUT2D eigenvalue weighted by atomic mass is 16.5. The van der Waals surface area contributed by atoms with Crippen LogP contribution >= 0.6 is 0 Å². The van der Waals surface area contributed by atoms with Gasteiger partial charge in [0, 0.05) is 5.57 Å². The molecule has 2 aromatic carbocycles. The molecule has 0 unspecified atom stereocenters. The number of carbonyl (C=O) groups excluding carboxylic acids is 2. The highest BCUT2D eigenvalue weighted by Crippen LogP contribution is 2.32. The normalized spacial score (nSPS) is 14.9. The van der Waals surface area contributed by atoms with Gasteiger partial charge in [0.2, 0.25) is 0 Å². The summed E-state index contributed by atoms with van der Waals surface area (Å²) in [5.41, 5.74) is 2.04. The van der Waals surface area contributed by atoms with Crippen molar-refractivity contribution in [2.24, 2.45) is 5.92 Å². The molecule has 0 saturated heterocycles. The monoisotopic (exact) mass is 488 g/mol. The fraction of sp³-hybridized carbons (Fsp3) is 0.345. The lowest BCUT2D eigenvalue weighted by Gasteiger charge is -2.27. The zero-order valence-corrected chi connectivity index (χ0v) is 21.5. The minimum Gasteiger partial charge on any atom is -0.497 e. The van der Waals surface area contributed by atoms with E-state index in [-0.39, 0.29) is 17.7 Å². The van der Waals surface area contributed by atoms with Gasteiger partial charge < -0.3 is 14.2 Å². The van der Waals surface area contributed by atoms with Crippen molar-refractivity contribution in [3.8, 4) is 23.3 Å². The summed E-state index contributed by atoms with van der Waals surface area (Å²) >= 11 is 0. The van der Waals surface area contributed by atoms with Crippen LogP contribution < -0.4 is 14.2 Å². The minimum atomic E-state index is -0.600. The summed E-state index contributed by atoms with van der Waals surface area (Å²) < 4.78 is 16.9. The predicted octanol–water partition coefficient (Wildman–Crippen LogP) is 5.31. The Morgan fingerprint density at radius 2 is 1.75 bits per heavy atom. The third-order valence-electron chi connectivity index (χ3n) is 5.86. The molecule has 36 heavy (non-hydrogen) atoms. The maximum absolute atomic E-state index is 13.4. The summed E-state index contributed by atoms with van der Waals surface area (Å²) in [5.74, 6) is 1.35. The van der Waals surface area contributed by atoms with Gasteiger partial charge in [0.05, 0.1) is 26.9 Å². The van der Waals surface area contributed by atoms with Crippen molar-refractivity contribution in [3.05, 3.63) is 70.3 Å². The Bertz CT molecular complexity index is 1220. The number of ether oxygens (including phenoxy) is 3. The molecule has 188 valence electrons. The lowest BCUT2D eigenvalue weighted by atomic mass is 9.93. The molecule has 3 rings (SSSR count). The van der Waals surface area contributed by atoms with Crippen LogP contribution in [0, 0.1) is 17.2 Å². The second-order valence-corrected chi connectivity index (χ2v) is 8.88. The van der Waals surface area contributed by atoms with E-state index in [4.69, 9.17) is 14.2 Å². The first-order valence-electron chi connectivity index (χ1n) is 12.0. The van der Waals surface area contributed by atoms with Crippen LogP contribution in [0.1, 0.15) is 45.2 Å². The number of nitriles is 1. The van der Waals surface area contributed by atoms with E-state index in [1.165, 1.54) is 0 Å². The van der Waals surface area contributed by atoms with Crippen LogP contribution in [0.15, 0.2) is 59.2 Å². The van der Waals surface area contributed by atoms with E-state index >= 15 is 0 Å². The van der Waals surface area contributed by atoms with Gasteiger partial charge in [-0.25, -0.2) is 0 Å². The Hall–Kier alpha value is -4.05. The predicted molar refractivity (Wildman–Crippen MR) is 137 cm³/mol. The molecule has 1 aliphatic heterocycles. The van der Waals surface area contributed by atoms with Crippen molar-refractivity contribution in [1.82, 2.24) is 4.90 Å². The summed E-state index contributed by atoms with van der Waals surface area (Å²) in [5, 5.41) is 9.68. The Morgan fingerprint density at radius 1 is 1.03 bits per heavy atom. The molecule has 0 aromatic heterocycles. The summed E-state index contributed by atoms with van der Waals surface area (Å²) in [6.45, 7) is 8.87. The summed E-state index contributed by atoms with van der Waals surface area (Å²) in [6, 6.07) is 14.5. The number of hydrogen-bond donors (Lipinski definition) is 0. The van der Waals surface area contributed by atoms with Gasteiger partial charge in [-0.15, -0.1) is 0 Å². The van der Waals surface area contributed by atoms with Crippen LogP contribution in [-0.4, -0.2) is 37.0 Å². The Labute approximate surface area is 212 Å². The minimum absolute atomic E-state index is 0.0459. The molecule has 2 amide bonds. The zero-order chi connectivity index (χ0) is 26.2. The molecular formula is C29H32N2O5. The van der Waals surface area contributed by atoms with Crippen LogP contribution in [0.2, 0.25) is 0 Å². The van der Waals surface area contributed by atoms with Crippen LogP contribution in [0.4, 0.5) is 0 Å². The van der Waals surface area contributed by atoms with Gasteiger partial charge in [-0.3, -0.25) is 14.5 Å². The van der Waals surface area contributed by atoms with Gasteiger partial charge in [-0.05, 0) is 73.2 Å². The van der Waals surface area contributed by atoms with E-state index in [9.17, 15) is 14.9 Å². The molecule has 0 fully saturated rings. The highest BCUT2D eigenvalue weighted by Gasteiger charge is 2.35. The first-order valence-corrected chi connectivity index (χ1v) is 12.0. The van der Waals surface area contributed by atoms with Gasteiger partial charge in [0.15, 0.2) is 11.5 Å². The molecule has 0 radical (unpaired) electrons. The Balaban J connectivity index is 1.95. The molecular weight excluding hydrogens is 456 g/mol. The third kappa shape index (κ3) is 6.14. The second-order valence-electron chi connectivity index (χ2n) is 8.88. The number of benzene rings is 2. The van der Waals surface area contributed by atoms with Crippen molar-refractivity contribution >= 4 is 17.9 Å². The third-order valence-corrected chi connectivity index (χ3v) is 5.86. The SMILES string of the molecule is CCOc1cc(/C=C2/C(=O)N(Cc3ccc(OC)cc3)C(=O)C(C#N)=C2C)ccc1OCCC(C)C. The lowest BCUT2D eigenvalue weighted by Crippen LogP contribution is -2.42. The molecule has 0 N–H and O–H groups in total. The topological polar surface area (TPSA) is 88.9 Å². The van der Waals surface area contributed by atoms with Crippen LogP contribution in [0.5, 0.6) is 17.2 Å². The number of hydrogen-bond acceptors (Lipinski definition) is 6. The lowest BCUT2D eigenvalue weighted by molar-refractivity contribution is -0.141. The molecule has 7 nitrogen and oxygen atoms in total. The summed E-state index contributed by atoms with van der Waals surface area (Å²) in [6.07, 6.45) is 2.60. The quantitative estimate of drug-likeness (QED) is 0.333. The van der Waals surface area contributed by atoms with Crippen LogP contribution in [0.3, 0.4) is 0 Å². The van der Waals surface area contributed by atoms with E-state index in [2.05, 4.69) is 13.8 Å². The maximum atomic E-state index is 13.4. The van der Waals surface area contributed by atoms with Crippen molar-refractivity contribution in [2.75, 3.05) is 20.3 Å². The number of imide groups is 1. The molecule has 0 atom stereocenters. The fourth-order valence-electron chi connectivity index (χ4n) is 3.76. The van der Waals surface area contributed by atoms with Crippen molar-refractivity contribution in [3.63, 3.8) is 0 Å². The average Bonchev–Trinajstić information content (AvgIpc) is 2.86. The molecule has 0 saturated carbocycles. The van der Waals surface area contributed by atoms with E-state index in [1.807, 2.05) is 25.1 Å². The second kappa shape index (κ2) is 12.1. The van der Waals surface area contributed by atoms with E-state index < -0.39 is 11.8 Å². The van der Waals surface area contributed by atoms with Gasteiger partial charge >= 0.3 is 0 Å². The number of carbonyl (C=O) groups is 2. The van der Waals surface area contributed by atoms with Gasteiger partial charge in [-0.2, -0.15) is 5.26 Å². The first-order chi connectivity index (χ1) is 17.3. The molecule has 0 aliphatic carbocycles. The number of methoxy groups -OCH3 is 1. The standard InChI is InChI=1S/C29H32N2O5/c1-6-35-27-16-22(9-12-26(27)36-14-13-19(2)3)15-24-20(4)25(17-30)29(33)31(28(24)32)18-21-7-10-23(34-5)11-8-21/h7-12,15-16,19H,6,13-14,18H2,1-5H3/b24-15+. The van der Waals surface area contributed by atoms with Gasteiger partial charge in [-0.1, -0.05) is 32.0 Å². The summed E-state index contributed by atoms with van der Waals surface area (Å²) in [4.78, 5) is 27.5. The van der Waals surface area contributed by atoms with Crippen molar-refractivity contribution in [2.45, 2.75) is 40.7 Å². The maximum Gasteiger partial charge on any atom is 0.271 e. The molecule has 1 aliphatic rings. The van der Waals surface area contributed by atoms with Gasteiger partial charge in [0.25, 0.3) is 11.8 Å². The average molecular weight is 489 g/mol. The number of rotatable bonds is 10. The molecule has 2 aromatic rings. The number of amides is 2. The molecule has 1 heterocycles. The largest absolute Gasteiger partial charge is 0.497 e. The molecule has 7 heteroatoms. The molecule has 0 spiro atoms. The van der Waals surface area contributed by atoms with Crippen LogP contribution in [-0.2, 0) is 16.1 Å². The summed E-state index contributed by atoms with van der Waals surface area (Å²) in [7, 11) is 1.57. The van der Waals surface area contributed by atoms with E-state index in [1.54, 1.807) is 50.4 Å². The zero-order valence-electron chi connectivity index (χ0n) is 21.5. The Morgan fingerprint density at radius 3 is 2.36 bits per heavy atom. The van der Waals surface area contributed by atoms with Crippen LogP contribution in [0.25, 0.3) is 6.08 Å². The highest BCUT2D eigenvalue weighted by molar-refractivity contribution is 6.19. The van der Waals surface area contributed by atoms with E-state index in [0.29, 0.717) is 47.5 Å². The van der Waals surface area contributed by atoms with Gasteiger partial charge in [0.1, 0.15) is 17.4 Å². The smallest absolute Gasteiger partial charge is 0.271 e. The molecule has 0 bridgehead atoms. The van der Waals surface area contributed by atoms with Crippen molar-refractivity contribution in [1.29, 1.82) is 5.26 Å². The Kier molecular flexibility index (Phi) is 8.91. The van der Waals surface area contributed by atoms with E-state index in [0.717, 1.165) is 16.9 Å². The fourth-order valence-corrected chi connectivity index (χ4v) is 3.76.